The molecule has 8 nitrogen and oxygen atoms in total. The van der Waals surface area contributed by atoms with Gasteiger partial charge in [0.1, 0.15) is 5.75 Å². The molecule has 0 bridgehead atoms. The first-order valence-corrected chi connectivity index (χ1v) is 8.35. The van der Waals surface area contributed by atoms with E-state index in [0.717, 1.165) is 14.9 Å². The minimum absolute atomic E-state index is 0.185. The predicted octanol–water partition coefficient (Wildman–Crippen LogP) is 3.81. The van der Waals surface area contributed by atoms with Crippen LogP contribution in [0.25, 0.3) is 11.3 Å². The van der Waals surface area contributed by atoms with Gasteiger partial charge in [-0.1, -0.05) is 12.1 Å². The Kier molecular flexibility index (Phi) is 4.06. The summed E-state index contributed by atoms with van der Waals surface area (Å²) in [5.74, 6) is 1.14. The number of rotatable bonds is 4. The molecule has 0 saturated carbocycles. The topological polar surface area (TPSA) is 109 Å². The maximum Gasteiger partial charge on any atom is 0.245 e. The van der Waals surface area contributed by atoms with Crippen molar-refractivity contribution >= 4 is 56.9 Å². The van der Waals surface area contributed by atoms with Gasteiger partial charge < -0.3 is 15.7 Å². The first-order chi connectivity index (χ1) is 12.2. The van der Waals surface area contributed by atoms with Crippen LogP contribution < -0.4 is 10.6 Å². The number of phenols is 1. The summed E-state index contributed by atoms with van der Waals surface area (Å²) in [7, 11) is 0. The van der Waals surface area contributed by atoms with Crippen LogP contribution in [0.15, 0.2) is 53.2 Å². The maximum absolute atomic E-state index is 9.42. The monoisotopic (exact) mass is 446 g/mol. The molecular weight excluding hydrogens is 435 g/mol. The van der Waals surface area contributed by atoms with Gasteiger partial charge in [0.05, 0.1) is 5.69 Å². The Morgan fingerprint density at radius 1 is 0.840 bits per heavy atom. The molecule has 0 aliphatic rings. The standard InChI is InChI=1S/C16H11IN6O2/c17-11-3-1-2-4-12(11)19-14-13(18-9-5-7-10(24)8-6-9)20-15-16(21-14)23-25-22-15/h1-8,24H,(H,18,20,22)(H,19,21,23). The van der Waals surface area contributed by atoms with Gasteiger partial charge in [0, 0.05) is 9.26 Å². The van der Waals surface area contributed by atoms with E-state index in [9.17, 15) is 5.11 Å². The van der Waals surface area contributed by atoms with E-state index >= 15 is 0 Å². The van der Waals surface area contributed by atoms with Gasteiger partial charge in [0.2, 0.25) is 11.3 Å². The van der Waals surface area contributed by atoms with Crippen molar-refractivity contribution in [3.8, 4) is 5.75 Å². The molecule has 9 heteroatoms. The molecule has 4 rings (SSSR count). The van der Waals surface area contributed by atoms with Crippen LogP contribution in [0.5, 0.6) is 5.75 Å². The fourth-order valence-electron chi connectivity index (χ4n) is 2.18. The van der Waals surface area contributed by atoms with E-state index in [1.807, 2.05) is 24.3 Å². The zero-order valence-corrected chi connectivity index (χ0v) is 14.8. The largest absolute Gasteiger partial charge is 0.508 e. The number of benzene rings is 2. The number of hydrogen-bond donors (Lipinski definition) is 3. The van der Waals surface area contributed by atoms with Crippen molar-refractivity contribution in [3.63, 3.8) is 0 Å². The summed E-state index contributed by atoms with van der Waals surface area (Å²) < 4.78 is 5.74. The summed E-state index contributed by atoms with van der Waals surface area (Å²) in [5.41, 5.74) is 2.25. The van der Waals surface area contributed by atoms with E-state index in [1.54, 1.807) is 24.3 Å². The summed E-state index contributed by atoms with van der Waals surface area (Å²) in [5, 5.41) is 23.3. The van der Waals surface area contributed by atoms with E-state index in [0.29, 0.717) is 22.9 Å². The van der Waals surface area contributed by atoms with Crippen LogP contribution in [0.1, 0.15) is 0 Å². The number of aromatic hydroxyl groups is 1. The van der Waals surface area contributed by atoms with Gasteiger partial charge in [0.25, 0.3) is 0 Å². The summed E-state index contributed by atoms with van der Waals surface area (Å²) in [6, 6.07) is 14.5. The highest BCUT2D eigenvalue weighted by Gasteiger charge is 2.14. The second-order valence-corrected chi connectivity index (χ2v) is 6.27. The molecule has 0 aliphatic heterocycles. The van der Waals surface area contributed by atoms with E-state index in [1.165, 1.54) is 0 Å². The molecule has 0 aliphatic carbocycles. The first kappa shape index (κ1) is 15.6. The molecule has 0 radical (unpaired) electrons. The first-order valence-electron chi connectivity index (χ1n) is 7.27. The Hall–Kier alpha value is -2.95. The third-order valence-electron chi connectivity index (χ3n) is 3.37. The number of hydrogen-bond acceptors (Lipinski definition) is 8. The molecule has 0 fully saturated rings. The summed E-state index contributed by atoms with van der Waals surface area (Å²) in [6.07, 6.45) is 0. The Labute approximate surface area is 155 Å². The average molecular weight is 446 g/mol. The highest BCUT2D eigenvalue weighted by Crippen LogP contribution is 2.29. The number of para-hydroxylation sites is 1. The summed E-state index contributed by atoms with van der Waals surface area (Å²) in [4.78, 5) is 8.84. The number of anilines is 4. The lowest BCUT2D eigenvalue weighted by atomic mass is 10.3. The minimum atomic E-state index is 0.185. The van der Waals surface area contributed by atoms with Crippen LogP contribution in [0.3, 0.4) is 0 Å². The Bertz CT molecular complexity index is 1030. The van der Waals surface area contributed by atoms with Crippen LogP contribution in [0, 0.1) is 3.57 Å². The summed E-state index contributed by atoms with van der Waals surface area (Å²) >= 11 is 2.24. The van der Waals surface area contributed by atoms with Crippen molar-refractivity contribution in [2.24, 2.45) is 0 Å². The minimum Gasteiger partial charge on any atom is -0.508 e. The Balaban J connectivity index is 1.75. The lowest BCUT2D eigenvalue weighted by molar-refractivity contribution is 0.314. The lowest BCUT2D eigenvalue weighted by Crippen LogP contribution is -2.04. The van der Waals surface area contributed by atoms with Gasteiger partial charge in [0.15, 0.2) is 11.6 Å². The predicted molar refractivity (Wildman–Crippen MR) is 101 cm³/mol. The molecule has 2 aromatic carbocycles. The molecule has 0 atom stereocenters. The van der Waals surface area contributed by atoms with Gasteiger partial charge >= 0.3 is 0 Å². The number of aromatic nitrogens is 4. The molecule has 4 aromatic rings. The van der Waals surface area contributed by atoms with Crippen LogP contribution in [-0.2, 0) is 0 Å². The molecule has 0 unspecified atom stereocenters. The third kappa shape index (κ3) is 3.31. The quantitative estimate of drug-likeness (QED) is 0.321. The number of halogens is 1. The number of fused-ring (bicyclic) bond motifs is 1. The zero-order chi connectivity index (χ0) is 17.2. The Morgan fingerprint density at radius 2 is 1.48 bits per heavy atom. The number of nitrogens with zero attached hydrogens (tertiary/aromatic N) is 4. The Morgan fingerprint density at radius 3 is 2.16 bits per heavy atom. The fourth-order valence-corrected chi connectivity index (χ4v) is 2.71. The van der Waals surface area contributed by atoms with Gasteiger partial charge in [-0.25, -0.2) is 14.6 Å². The second-order valence-electron chi connectivity index (χ2n) is 5.11. The van der Waals surface area contributed by atoms with E-state index < -0.39 is 0 Å². The molecule has 2 heterocycles. The van der Waals surface area contributed by atoms with E-state index in [2.05, 4.69) is 53.5 Å². The highest BCUT2D eigenvalue weighted by atomic mass is 127. The lowest BCUT2D eigenvalue weighted by Gasteiger charge is -2.12. The van der Waals surface area contributed by atoms with Crippen molar-refractivity contribution in [1.29, 1.82) is 0 Å². The number of phenolic OH excluding ortho intramolecular Hbond substituents is 1. The second kappa shape index (κ2) is 6.51. The molecule has 3 N–H and O–H groups in total. The van der Waals surface area contributed by atoms with Crippen LogP contribution in [-0.4, -0.2) is 25.4 Å². The van der Waals surface area contributed by atoms with Gasteiger partial charge in [-0.3, -0.25) is 0 Å². The van der Waals surface area contributed by atoms with Gasteiger partial charge in [-0.2, -0.15) is 0 Å². The molecule has 124 valence electrons. The van der Waals surface area contributed by atoms with E-state index in [4.69, 9.17) is 4.63 Å². The summed E-state index contributed by atoms with van der Waals surface area (Å²) in [6.45, 7) is 0. The number of nitrogens with one attached hydrogen (secondary N) is 2. The van der Waals surface area contributed by atoms with Crippen molar-refractivity contribution < 1.29 is 9.74 Å². The van der Waals surface area contributed by atoms with Gasteiger partial charge in [-0.15, -0.1) is 0 Å². The molecular formula is C16H11IN6O2. The van der Waals surface area contributed by atoms with E-state index in [-0.39, 0.29) is 5.75 Å². The smallest absolute Gasteiger partial charge is 0.245 e. The van der Waals surface area contributed by atoms with Crippen LogP contribution >= 0.6 is 22.6 Å². The van der Waals surface area contributed by atoms with Gasteiger partial charge in [-0.05, 0) is 69.3 Å². The van der Waals surface area contributed by atoms with Crippen molar-refractivity contribution in [1.82, 2.24) is 20.3 Å². The SMILES string of the molecule is Oc1ccc(Nc2nc3nonc3nc2Nc2ccccc2I)cc1. The molecule has 2 aromatic heterocycles. The molecule has 0 spiro atoms. The normalized spacial score (nSPS) is 10.8. The zero-order valence-electron chi connectivity index (χ0n) is 12.6. The van der Waals surface area contributed by atoms with Crippen molar-refractivity contribution in [3.05, 3.63) is 52.1 Å². The molecule has 25 heavy (non-hydrogen) atoms. The van der Waals surface area contributed by atoms with Crippen molar-refractivity contribution in [2.45, 2.75) is 0 Å². The average Bonchev–Trinajstić information content (AvgIpc) is 3.06. The highest BCUT2D eigenvalue weighted by molar-refractivity contribution is 14.1. The fraction of sp³-hybridized carbons (Fsp3) is 0. The van der Waals surface area contributed by atoms with Crippen LogP contribution in [0.2, 0.25) is 0 Å². The van der Waals surface area contributed by atoms with Crippen molar-refractivity contribution in [2.75, 3.05) is 10.6 Å². The maximum atomic E-state index is 9.42. The third-order valence-corrected chi connectivity index (χ3v) is 4.31. The molecule has 0 saturated heterocycles. The van der Waals surface area contributed by atoms with Crippen LogP contribution in [0.4, 0.5) is 23.0 Å². The molecule has 0 amide bonds.